The number of carbonyl (C=O) groups is 1. The molecular weight excluding hydrogens is 384 g/mol. The highest BCUT2D eigenvalue weighted by atomic mass is 32.2. The van der Waals surface area contributed by atoms with Gasteiger partial charge in [0.2, 0.25) is 0 Å². The summed E-state index contributed by atoms with van der Waals surface area (Å²) in [6.45, 7) is 3.93. The van der Waals surface area contributed by atoms with Crippen LogP contribution in [0.4, 0.5) is 0 Å². The van der Waals surface area contributed by atoms with Crippen molar-refractivity contribution in [2.24, 2.45) is 0 Å². The summed E-state index contributed by atoms with van der Waals surface area (Å²) < 4.78 is 30.1. The second kappa shape index (κ2) is 7.64. The lowest BCUT2D eigenvalue weighted by molar-refractivity contribution is -0.137. The molecule has 0 unspecified atom stereocenters. The van der Waals surface area contributed by atoms with E-state index in [1.165, 1.54) is 11.3 Å². The van der Waals surface area contributed by atoms with Crippen LogP contribution >= 0.6 is 11.3 Å². The van der Waals surface area contributed by atoms with Gasteiger partial charge in [-0.1, -0.05) is 6.42 Å². The van der Waals surface area contributed by atoms with E-state index in [0.29, 0.717) is 17.7 Å². The first-order valence-electron chi connectivity index (χ1n) is 9.05. The van der Waals surface area contributed by atoms with E-state index in [9.17, 15) is 18.3 Å². The van der Waals surface area contributed by atoms with Crippen LogP contribution in [0.25, 0.3) is 10.4 Å². The number of thiophene rings is 1. The summed E-state index contributed by atoms with van der Waals surface area (Å²) in [5.74, 6) is -0.247. The zero-order valence-corrected chi connectivity index (χ0v) is 17.1. The molecule has 0 radical (unpaired) electrons. The molecule has 2 aromatic rings. The van der Waals surface area contributed by atoms with Gasteiger partial charge in [-0.15, -0.1) is 11.3 Å². The Kier molecular flexibility index (Phi) is 5.63. The normalized spacial score (nSPS) is 21.9. The van der Waals surface area contributed by atoms with Gasteiger partial charge in [0.15, 0.2) is 9.84 Å². The summed E-state index contributed by atoms with van der Waals surface area (Å²) in [7, 11) is -3.51. The van der Waals surface area contributed by atoms with Crippen LogP contribution < -0.4 is 4.74 Å². The summed E-state index contributed by atoms with van der Waals surface area (Å²) in [4.78, 5) is 13.0. The van der Waals surface area contributed by atoms with Gasteiger partial charge in [-0.25, -0.2) is 8.42 Å². The number of aliphatic carboxylic acids is 1. The SMILES string of the molecule is CC(C)Oc1ccc(-c2ccc([C@@]3(CC(=O)O)CCCCS3(=O)=O)s2)cc1. The van der Waals surface area contributed by atoms with Gasteiger partial charge in [0, 0.05) is 9.75 Å². The molecule has 7 heteroatoms. The van der Waals surface area contributed by atoms with Gasteiger partial charge in [-0.3, -0.25) is 4.79 Å². The molecule has 3 rings (SSSR count). The van der Waals surface area contributed by atoms with Crippen LogP contribution in [-0.2, 0) is 19.4 Å². The van der Waals surface area contributed by atoms with Crippen molar-refractivity contribution in [1.82, 2.24) is 0 Å². The average molecular weight is 409 g/mol. The Bertz CT molecular complexity index is 912. The third kappa shape index (κ3) is 4.04. The number of benzene rings is 1. The number of ether oxygens (including phenoxy) is 1. The van der Waals surface area contributed by atoms with Gasteiger partial charge < -0.3 is 9.84 Å². The molecule has 27 heavy (non-hydrogen) atoms. The molecule has 1 aliphatic heterocycles. The molecule has 2 heterocycles. The van der Waals surface area contributed by atoms with Crippen molar-refractivity contribution in [3.8, 4) is 16.2 Å². The minimum Gasteiger partial charge on any atom is -0.491 e. The summed E-state index contributed by atoms with van der Waals surface area (Å²) in [5, 5.41) is 9.38. The van der Waals surface area contributed by atoms with E-state index >= 15 is 0 Å². The third-order valence-electron chi connectivity index (χ3n) is 4.84. The van der Waals surface area contributed by atoms with Crippen LogP contribution in [0.2, 0.25) is 0 Å². The molecule has 0 amide bonds. The molecule has 1 aromatic carbocycles. The zero-order valence-electron chi connectivity index (χ0n) is 15.5. The number of carboxylic acids is 1. The number of hydrogen-bond acceptors (Lipinski definition) is 5. The Labute approximate surface area is 163 Å². The Morgan fingerprint density at radius 3 is 2.48 bits per heavy atom. The first-order valence-corrected chi connectivity index (χ1v) is 11.5. The van der Waals surface area contributed by atoms with Gasteiger partial charge in [0.05, 0.1) is 18.3 Å². The van der Waals surface area contributed by atoms with Crippen molar-refractivity contribution < 1.29 is 23.1 Å². The molecule has 1 atom stereocenters. The van der Waals surface area contributed by atoms with Gasteiger partial charge in [0.1, 0.15) is 10.5 Å². The highest BCUT2D eigenvalue weighted by molar-refractivity contribution is 7.92. The molecule has 1 aliphatic rings. The van der Waals surface area contributed by atoms with Crippen molar-refractivity contribution in [1.29, 1.82) is 0 Å². The van der Waals surface area contributed by atoms with E-state index in [2.05, 4.69) is 0 Å². The van der Waals surface area contributed by atoms with Crippen molar-refractivity contribution in [3.63, 3.8) is 0 Å². The molecular formula is C20H24O5S2. The quantitative estimate of drug-likeness (QED) is 0.763. The Morgan fingerprint density at radius 2 is 1.89 bits per heavy atom. The Hall–Kier alpha value is -1.86. The fourth-order valence-electron chi connectivity index (χ4n) is 3.57. The van der Waals surface area contributed by atoms with E-state index in [4.69, 9.17) is 4.74 Å². The van der Waals surface area contributed by atoms with E-state index < -0.39 is 20.6 Å². The molecule has 0 spiro atoms. The minimum atomic E-state index is -3.51. The molecule has 1 N–H and O–H groups in total. The fourth-order valence-corrected chi connectivity index (χ4v) is 7.34. The van der Waals surface area contributed by atoms with Gasteiger partial charge >= 0.3 is 5.97 Å². The molecule has 0 saturated carbocycles. The number of sulfone groups is 1. The molecule has 1 aromatic heterocycles. The maximum Gasteiger partial charge on any atom is 0.305 e. The second-order valence-corrected chi connectivity index (χ2v) is 10.7. The number of hydrogen-bond donors (Lipinski definition) is 1. The largest absolute Gasteiger partial charge is 0.491 e. The van der Waals surface area contributed by atoms with Crippen LogP contribution in [-0.4, -0.2) is 31.4 Å². The van der Waals surface area contributed by atoms with E-state index in [-0.39, 0.29) is 18.3 Å². The lowest BCUT2D eigenvalue weighted by atomic mass is 9.95. The van der Waals surface area contributed by atoms with Crippen LogP contribution in [0.1, 0.15) is 44.4 Å². The summed E-state index contributed by atoms with van der Waals surface area (Å²) in [6, 6.07) is 11.3. The first-order chi connectivity index (χ1) is 12.7. The first kappa shape index (κ1) is 19.9. The zero-order chi connectivity index (χ0) is 19.7. The summed E-state index contributed by atoms with van der Waals surface area (Å²) >= 11 is 1.37. The lowest BCUT2D eigenvalue weighted by Crippen LogP contribution is -2.41. The highest BCUT2D eigenvalue weighted by Gasteiger charge is 2.49. The van der Waals surface area contributed by atoms with Crippen molar-refractivity contribution in [2.45, 2.75) is 50.4 Å². The number of carboxylic acid groups (broad SMARTS) is 1. The Morgan fingerprint density at radius 1 is 1.19 bits per heavy atom. The van der Waals surface area contributed by atoms with Gasteiger partial charge in [0.25, 0.3) is 0 Å². The predicted octanol–water partition coefficient (Wildman–Crippen LogP) is 4.47. The monoisotopic (exact) mass is 408 g/mol. The molecule has 1 saturated heterocycles. The minimum absolute atomic E-state index is 0.0503. The maximum atomic E-state index is 12.9. The van der Waals surface area contributed by atoms with Crippen LogP contribution in [0, 0.1) is 0 Å². The van der Waals surface area contributed by atoms with Gasteiger partial charge in [-0.2, -0.15) is 0 Å². The lowest BCUT2D eigenvalue weighted by Gasteiger charge is -2.34. The average Bonchev–Trinajstić information content (AvgIpc) is 3.07. The molecule has 0 aliphatic carbocycles. The van der Waals surface area contributed by atoms with Crippen LogP contribution in [0.3, 0.4) is 0 Å². The van der Waals surface area contributed by atoms with E-state index in [1.807, 2.05) is 44.2 Å². The molecule has 146 valence electrons. The smallest absolute Gasteiger partial charge is 0.305 e. The second-order valence-electron chi connectivity index (χ2n) is 7.20. The fraction of sp³-hybridized carbons (Fsp3) is 0.450. The molecule has 1 fully saturated rings. The third-order valence-corrected chi connectivity index (χ3v) is 8.89. The van der Waals surface area contributed by atoms with Crippen molar-refractivity contribution >= 4 is 27.1 Å². The maximum absolute atomic E-state index is 12.9. The summed E-state index contributed by atoms with van der Waals surface area (Å²) in [6.07, 6.45) is 1.40. The van der Waals surface area contributed by atoms with E-state index in [0.717, 1.165) is 22.6 Å². The highest BCUT2D eigenvalue weighted by Crippen LogP contribution is 2.47. The Balaban J connectivity index is 1.96. The summed E-state index contributed by atoms with van der Waals surface area (Å²) in [5.41, 5.74) is 0.959. The van der Waals surface area contributed by atoms with Crippen molar-refractivity contribution in [2.75, 3.05) is 5.75 Å². The number of rotatable bonds is 6. The van der Waals surface area contributed by atoms with Gasteiger partial charge in [-0.05, 0) is 68.7 Å². The molecule has 0 bridgehead atoms. The van der Waals surface area contributed by atoms with Crippen molar-refractivity contribution in [3.05, 3.63) is 41.3 Å². The van der Waals surface area contributed by atoms with Crippen LogP contribution in [0.5, 0.6) is 5.75 Å². The standard InChI is InChI=1S/C20H24O5S2/c1-14(2)25-16-7-5-15(6-8-16)17-9-10-18(26-17)20(13-19(21)22)11-3-4-12-27(20,23)24/h5-10,14H,3-4,11-13H2,1-2H3,(H,21,22)/t20-/m0/s1. The topological polar surface area (TPSA) is 80.7 Å². The predicted molar refractivity (Wildman–Crippen MR) is 107 cm³/mol. The molecule has 5 nitrogen and oxygen atoms in total. The van der Waals surface area contributed by atoms with E-state index in [1.54, 1.807) is 6.07 Å². The van der Waals surface area contributed by atoms with Crippen LogP contribution in [0.15, 0.2) is 36.4 Å².